The second kappa shape index (κ2) is 6.70. The van der Waals surface area contributed by atoms with Crippen LogP contribution < -0.4 is 10.1 Å². The van der Waals surface area contributed by atoms with Crippen LogP contribution in [0.1, 0.15) is 30.5 Å². The van der Waals surface area contributed by atoms with E-state index in [-0.39, 0.29) is 5.41 Å². The maximum absolute atomic E-state index is 6.74. The maximum Gasteiger partial charge on any atom is 0.141 e. The molecule has 0 radical (unpaired) electrons. The predicted molar refractivity (Wildman–Crippen MR) is 132 cm³/mol. The Balaban J connectivity index is 1.74. The molecule has 2 aliphatic heterocycles. The summed E-state index contributed by atoms with van der Waals surface area (Å²) in [6.45, 7) is 9.68. The Morgan fingerprint density at radius 1 is 0.844 bits per heavy atom. The first-order valence-electron chi connectivity index (χ1n) is 11.2. The first kappa shape index (κ1) is 19.1. The van der Waals surface area contributed by atoms with Gasteiger partial charge in [0.15, 0.2) is 0 Å². The van der Waals surface area contributed by atoms with Crippen molar-refractivity contribution in [1.82, 2.24) is 4.98 Å². The number of aromatic nitrogens is 1. The largest absolute Gasteiger partial charge is 0.456 e. The number of rotatable bonds is 1. The SMILES string of the molecule is Cc1cnc(-c2cc3c(c4c2NCC4(C)C)Oc2ccccc2-c2ccccc2-3)c(C)c1. The average molecular weight is 419 g/mol. The molecular weight excluding hydrogens is 392 g/mol. The van der Waals surface area contributed by atoms with Crippen molar-refractivity contribution in [3.63, 3.8) is 0 Å². The summed E-state index contributed by atoms with van der Waals surface area (Å²) in [5.41, 5.74) is 11.5. The lowest BCUT2D eigenvalue weighted by molar-refractivity contribution is 0.463. The topological polar surface area (TPSA) is 34.2 Å². The van der Waals surface area contributed by atoms with Crippen molar-refractivity contribution in [1.29, 1.82) is 0 Å². The van der Waals surface area contributed by atoms with Crippen LogP contribution in [0.3, 0.4) is 0 Å². The van der Waals surface area contributed by atoms with Crippen LogP contribution in [0.2, 0.25) is 0 Å². The van der Waals surface area contributed by atoms with Gasteiger partial charge in [-0.15, -0.1) is 0 Å². The summed E-state index contributed by atoms with van der Waals surface area (Å²) in [7, 11) is 0. The van der Waals surface area contributed by atoms with E-state index in [4.69, 9.17) is 9.72 Å². The van der Waals surface area contributed by atoms with Crippen LogP contribution in [0.4, 0.5) is 5.69 Å². The highest BCUT2D eigenvalue weighted by Gasteiger charge is 2.38. The van der Waals surface area contributed by atoms with E-state index >= 15 is 0 Å². The molecule has 0 bridgehead atoms. The van der Waals surface area contributed by atoms with Gasteiger partial charge >= 0.3 is 0 Å². The smallest absolute Gasteiger partial charge is 0.141 e. The van der Waals surface area contributed by atoms with Crippen molar-refractivity contribution in [2.45, 2.75) is 33.1 Å². The number of hydrogen-bond donors (Lipinski definition) is 1. The highest BCUT2D eigenvalue weighted by molar-refractivity contribution is 5.97. The monoisotopic (exact) mass is 418 g/mol. The Labute approximate surface area is 189 Å². The minimum atomic E-state index is -0.0672. The van der Waals surface area contributed by atoms with Crippen molar-refractivity contribution in [2.24, 2.45) is 0 Å². The zero-order valence-electron chi connectivity index (χ0n) is 18.9. The number of nitrogens with one attached hydrogen (secondary N) is 1. The summed E-state index contributed by atoms with van der Waals surface area (Å²) in [6.07, 6.45) is 1.96. The average Bonchev–Trinajstić information content (AvgIpc) is 3.02. The molecule has 3 nitrogen and oxygen atoms in total. The van der Waals surface area contributed by atoms with Crippen LogP contribution >= 0.6 is 0 Å². The van der Waals surface area contributed by atoms with Crippen molar-refractivity contribution >= 4 is 5.69 Å². The van der Waals surface area contributed by atoms with Crippen molar-refractivity contribution < 1.29 is 4.74 Å². The molecule has 0 unspecified atom stereocenters. The molecule has 0 saturated heterocycles. The van der Waals surface area contributed by atoms with Crippen LogP contribution in [0.15, 0.2) is 66.9 Å². The molecule has 0 spiro atoms. The molecule has 1 aromatic heterocycles. The summed E-state index contributed by atoms with van der Waals surface area (Å²) in [5, 5.41) is 3.70. The molecule has 6 rings (SSSR count). The van der Waals surface area contributed by atoms with Gasteiger partial charge in [-0.2, -0.15) is 0 Å². The fourth-order valence-corrected chi connectivity index (χ4v) is 5.22. The first-order chi connectivity index (χ1) is 15.4. The molecule has 0 amide bonds. The number of hydrogen-bond acceptors (Lipinski definition) is 3. The van der Waals surface area contributed by atoms with Crippen molar-refractivity contribution in [2.75, 3.05) is 11.9 Å². The summed E-state index contributed by atoms with van der Waals surface area (Å²) in [6, 6.07) is 21.4. The van der Waals surface area contributed by atoms with Crippen LogP contribution in [0.25, 0.3) is 33.5 Å². The van der Waals surface area contributed by atoms with Gasteiger partial charge in [0.2, 0.25) is 0 Å². The summed E-state index contributed by atoms with van der Waals surface area (Å²) in [4.78, 5) is 4.86. The van der Waals surface area contributed by atoms with E-state index in [2.05, 4.69) is 87.6 Å². The first-order valence-corrected chi connectivity index (χ1v) is 11.2. The zero-order chi connectivity index (χ0) is 22.0. The molecule has 3 heteroatoms. The van der Waals surface area contributed by atoms with Crippen LogP contribution in [0, 0.1) is 13.8 Å². The highest BCUT2D eigenvalue weighted by atomic mass is 16.5. The number of nitrogens with zero attached hydrogens (tertiary/aromatic N) is 1. The van der Waals surface area contributed by atoms with Gasteiger partial charge in [-0.05, 0) is 48.2 Å². The second-order valence-electron chi connectivity index (χ2n) is 9.61. The Hall–Kier alpha value is -3.59. The molecule has 3 heterocycles. The molecule has 0 fully saturated rings. The molecule has 4 aromatic rings. The van der Waals surface area contributed by atoms with Gasteiger partial charge in [0.1, 0.15) is 11.5 Å². The normalized spacial score (nSPS) is 14.9. The fraction of sp³-hybridized carbons (Fsp3) is 0.207. The summed E-state index contributed by atoms with van der Waals surface area (Å²) < 4.78 is 6.74. The minimum absolute atomic E-state index is 0.0672. The molecular formula is C29H26N2O. The molecule has 32 heavy (non-hydrogen) atoms. The molecule has 1 N–H and O–H groups in total. The van der Waals surface area contributed by atoms with Crippen LogP contribution in [-0.2, 0) is 5.41 Å². The molecule has 2 aliphatic rings. The molecule has 0 aliphatic carbocycles. The minimum Gasteiger partial charge on any atom is -0.456 e. The highest BCUT2D eigenvalue weighted by Crippen LogP contribution is 2.56. The number of ether oxygens (including phenoxy) is 1. The van der Waals surface area contributed by atoms with E-state index in [1.165, 1.54) is 27.8 Å². The standard InChI is InChI=1S/C29H26N2O/c1-17-13-18(2)26(30-15-17)23-14-22-20-10-6-5-9-19(20)21-11-7-8-12-24(21)32-28(22)25-27(23)31-16-29(25,3)4/h5-15,31H,16H2,1-4H3. The molecule has 3 aromatic carbocycles. The molecule has 0 atom stereocenters. The summed E-state index contributed by atoms with van der Waals surface area (Å²) >= 11 is 0. The number of benzene rings is 3. The lowest BCUT2D eigenvalue weighted by Crippen LogP contribution is -2.19. The van der Waals surface area contributed by atoms with Crippen LogP contribution in [0.5, 0.6) is 11.5 Å². The van der Waals surface area contributed by atoms with E-state index in [0.29, 0.717) is 0 Å². The fourth-order valence-electron chi connectivity index (χ4n) is 5.22. The lowest BCUT2D eigenvalue weighted by Gasteiger charge is -2.24. The van der Waals surface area contributed by atoms with Crippen molar-refractivity contribution in [3.05, 3.63) is 83.6 Å². The van der Waals surface area contributed by atoms with Crippen molar-refractivity contribution in [3.8, 4) is 45.0 Å². The van der Waals surface area contributed by atoms with Gasteiger partial charge in [0, 0.05) is 40.4 Å². The third-order valence-corrected chi connectivity index (χ3v) is 6.74. The number of anilines is 1. The zero-order valence-corrected chi connectivity index (χ0v) is 18.9. The Morgan fingerprint density at radius 2 is 1.53 bits per heavy atom. The van der Waals surface area contributed by atoms with E-state index in [0.717, 1.165) is 46.1 Å². The third kappa shape index (κ3) is 2.70. The van der Waals surface area contributed by atoms with E-state index in [1.807, 2.05) is 12.3 Å². The van der Waals surface area contributed by atoms with Gasteiger partial charge in [-0.25, -0.2) is 0 Å². The number of aryl methyl sites for hydroxylation is 2. The quantitative estimate of drug-likeness (QED) is 0.306. The number of para-hydroxylation sites is 1. The van der Waals surface area contributed by atoms with E-state index < -0.39 is 0 Å². The van der Waals surface area contributed by atoms with Crippen LogP contribution in [-0.4, -0.2) is 11.5 Å². The molecule has 0 saturated carbocycles. The van der Waals surface area contributed by atoms with Gasteiger partial charge in [0.05, 0.1) is 11.4 Å². The van der Waals surface area contributed by atoms with Gasteiger partial charge in [-0.3, -0.25) is 4.98 Å². The lowest BCUT2D eigenvalue weighted by atomic mass is 9.81. The molecule has 158 valence electrons. The van der Waals surface area contributed by atoms with E-state index in [9.17, 15) is 0 Å². The second-order valence-corrected chi connectivity index (χ2v) is 9.61. The number of fused-ring (bicyclic) bond motifs is 7. The van der Waals surface area contributed by atoms with Gasteiger partial charge in [-0.1, -0.05) is 62.4 Å². The number of pyridine rings is 1. The summed E-state index contributed by atoms with van der Waals surface area (Å²) in [5.74, 6) is 1.86. The Morgan fingerprint density at radius 3 is 2.28 bits per heavy atom. The predicted octanol–water partition coefficient (Wildman–Crippen LogP) is 7.51. The third-order valence-electron chi connectivity index (χ3n) is 6.74. The van der Waals surface area contributed by atoms with E-state index in [1.54, 1.807) is 0 Å². The Bertz CT molecular complexity index is 1400. The van der Waals surface area contributed by atoms with Gasteiger partial charge in [0.25, 0.3) is 0 Å². The maximum atomic E-state index is 6.74. The van der Waals surface area contributed by atoms with Gasteiger partial charge < -0.3 is 10.1 Å². The Kier molecular flexibility index (Phi) is 4.00.